The molecule has 0 saturated carbocycles. The van der Waals surface area contributed by atoms with Crippen molar-refractivity contribution >= 4 is 16.7 Å². The lowest BCUT2D eigenvalue weighted by molar-refractivity contribution is 0.0380. The molecule has 4 aromatic rings. The quantitative estimate of drug-likeness (QED) is 0.440. The van der Waals surface area contributed by atoms with Crippen LogP contribution in [-0.2, 0) is 4.74 Å². The Hall–Kier alpha value is -3.39. The van der Waals surface area contributed by atoms with E-state index in [0.717, 1.165) is 21.9 Å². The van der Waals surface area contributed by atoms with E-state index in [4.69, 9.17) is 4.74 Å². The van der Waals surface area contributed by atoms with Gasteiger partial charge in [0.25, 0.3) is 0 Å². The van der Waals surface area contributed by atoms with Gasteiger partial charge in [-0.15, -0.1) is 0 Å². The molecule has 2 heteroatoms. The van der Waals surface area contributed by atoms with Gasteiger partial charge in [-0.25, -0.2) is 4.79 Å². The molecule has 0 aromatic heterocycles. The second-order valence-electron chi connectivity index (χ2n) is 6.13. The summed E-state index contributed by atoms with van der Waals surface area (Å²) in [5.74, 6) is -0.326. The minimum absolute atomic E-state index is 0.326. The van der Waals surface area contributed by atoms with Crippen molar-refractivity contribution in [3.63, 3.8) is 0 Å². The molecule has 0 spiro atoms. The van der Waals surface area contributed by atoms with E-state index in [1.54, 1.807) is 12.1 Å². The van der Waals surface area contributed by atoms with Gasteiger partial charge in [0.2, 0.25) is 0 Å². The smallest absolute Gasteiger partial charge is 0.339 e. The van der Waals surface area contributed by atoms with Crippen molar-refractivity contribution in [3.05, 3.63) is 120 Å². The van der Waals surface area contributed by atoms with Crippen molar-refractivity contribution in [1.82, 2.24) is 0 Å². The molecule has 0 aliphatic carbocycles. The molecule has 1 unspecified atom stereocenters. The highest BCUT2D eigenvalue weighted by Crippen LogP contribution is 2.32. The highest BCUT2D eigenvalue weighted by Gasteiger charge is 2.21. The summed E-state index contributed by atoms with van der Waals surface area (Å²) in [5, 5.41) is 2.21. The summed E-state index contributed by atoms with van der Waals surface area (Å²) in [4.78, 5) is 12.7. The number of benzene rings is 4. The zero-order valence-corrected chi connectivity index (χ0v) is 14.2. The van der Waals surface area contributed by atoms with E-state index in [1.165, 1.54) is 0 Å². The predicted molar refractivity (Wildman–Crippen MR) is 104 cm³/mol. The van der Waals surface area contributed by atoms with Gasteiger partial charge in [0, 0.05) is 5.56 Å². The number of rotatable bonds is 4. The second kappa shape index (κ2) is 7.24. The Morgan fingerprint density at radius 2 is 1.27 bits per heavy atom. The maximum absolute atomic E-state index is 12.7. The number of hydrogen-bond acceptors (Lipinski definition) is 2. The molecule has 0 aliphatic rings. The maximum atomic E-state index is 12.7. The molecule has 0 saturated heterocycles. The lowest BCUT2D eigenvalue weighted by Gasteiger charge is -2.20. The van der Waals surface area contributed by atoms with Gasteiger partial charge in [0.1, 0.15) is 0 Å². The minimum Gasteiger partial charge on any atom is -0.449 e. The third kappa shape index (κ3) is 3.22. The maximum Gasteiger partial charge on any atom is 0.339 e. The van der Waals surface area contributed by atoms with Gasteiger partial charge < -0.3 is 4.74 Å². The third-order valence-corrected chi connectivity index (χ3v) is 4.44. The van der Waals surface area contributed by atoms with Crippen LogP contribution in [0.1, 0.15) is 27.6 Å². The van der Waals surface area contributed by atoms with Crippen LogP contribution in [0.3, 0.4) is 0 Å². The summed E-state index contributed by atoms with van der Waals surface area (Å²) in [6.45, 7) is 0. The molecule has 0 radical (unpaired) electrons. The van der Waals surface area contributed by atoms with E-state index in [1.807, 2.05) is 72.8 Å². The van der Waals surface area contributed by atoms with E-state index in [9.17, 15) is 4.79 Å². The van der Waals surface area contributed by atoms with E-state index in [2.05, 4.69) is 18.2 Å². The van der Waals surface area contributed by atoms with Crippen molar-refractivity contribution in [2.24, 2.45) is 0 Å². The fourth-order valence-electron chi connectivity index (χ4n) is 3.17. The Labute approximate surface area is 152 Å². The van der Waals surface area contributed by atoms with E-state index in [0.29, 0.717) is 5.56 Å². The van der Waals surface area contributed by atoms with E-state index < -0.39 is 6.10 Å². The van der Waals surface area contributed by atoms with Crippen molar-refractivity contribution in [3.8, 4) is 0 Å². The summed E-state index contributed by atoms with van der Waals surface area (Å²) in [7, 11) is 0. The standard InChI is InChI=1S/C24H18O2/c25-24(20-13-5-2-6-14-20)26-23(19-11-3-1-4-12-19)22-17-9-15-18-10-7-8-16-21(18)22/h1-17,23H. The van der Waals surface area contributed by atoms with Gasteiger partial charge in [0.15, 0.2) is 6.10 Å². The molecular formula is C24H18O2. The lowest BCUT2D eigenvalue weighted by atomic mass is 9.95. The number of hydrogen-bond donors (Lipinski definition) is 0. The summed E-state index contributed by atoms with van der Waals surface area (Å²) < 4.78 is 5.98. The van der Waals surface area contributed by atoms with Crippen LogP contribution in [0.15, 0.2) is 103 Å². The molecule has 126 valence electrons. The third-order valence-electron chi connectivity index (χ3n) is 4.44. The van der Waals surface area contributed by atoms with E-state index in [-0.39, 0.29) is 5.97 Å². The molecular weight excluding hydrogens is 320 g/mol. The van der Waals surface area contributed by atoms with Crippen LogP contribution < -0.4 is 0 Å². The fraction of sp³-hybridized carbons (Fsp3) is 0.0417. The Bertz CT molecular complexity index is 1020. The first-order chi connectivity index (χ1) is 12.8. The van der Waals surface area contributed by atoms with Crippen molar-refractivity contribution in [1.29, 1.82) is 0 Å². The molecule has 0 heterocycles. The highest BCUT2D eigenvalue weighted by atomic mass is 16.5. The monoisotopic (exact) mass is 338 g/mol. The van der Waals surface area contributed by atoms with Gasteiger partial charge in [-0.3, -0.25) is 0 Å². The van der Waals surface area contributed by atoms with Crippen LogP contribution in [0.2, 0.25) is 0 Å². The molecule has 4 aromatic carbocycles. The highest BCUT2D eigenvalue weighted by molar-refractivity contribution is 5.91. The van der Waals surface area contributed by atoms with Gasteiger partial charge >= 0.3 is 5.97 Å². The molecule has 0 amide bonds. The summed E-state index contributed by atoms with van der Waals surface area (Å²) >= 11 is 0. The minimum atomic E-state index is -0.463. The molecule has 0 N–H and O–H groups in total. The number of ether oxygens (including phenoxy) is 1. The normalized spacial score (nSPS) is 11.8. The van der Waals surface area contributed by atoms with Crippen LogP contribution in [0, 0.1) is 0 Å². The van der Waals surface area contributed by atoms with E-state index >= 15 is 0 Å². The topological polar surface area (TPSA) is 26.3 Å². The molecule has 0 fully saturated rings. The SMILES string of the molecule is O=C(OC(c1ccccc1)c1cccc2ccccc12)c1ccccc1. The average Bonchev–Trinajstić information content (AvgIpc) is 2.73. The number of fused-ring (bicyclic) bond motifs is 1. The van der Waals surface area contributed by atoms with Crippen LogP contribution in [0.25, 0.3) is 10.8 Å². The average molecular weight is 338 g/mol. The van der Waals surface area contributed by atoms with Crippen molar-refractivity contribution < 1.29 is 9.53 Å². The molecule has 1 atom stereocenters. The molecule has 4 rings (SSSR count). The van der Waals surface area contributed by atoms with Crippen LogP contribution in [-0.4, -0.2) is 5.97 Å². The molecule has 0 bridgehead atoms. The number of carbonyl (C=O) groups is 1. The summed E-state index contributed by atoms with van der Waals surface area (Å²) in [6, 6.07) is 33.2. The Morgan fingerprint density at radius 1 is 0.654 bits per heavy atom. The lowest BCUT2D eigenvalue weighted by Crippen LogP contribution is -2.13. The van der Waals surface area contributed by atoms with Gasteiger partial charge in [-0.05, 0) is 28.5 Å². The fourth-order valence-corrected chi connectivity index (χ4v) is 3.17. The van der Waals surface area contributed by atoms with Crippen molar-refractivity contribution in [2.75, 3.05) is 0 Å². The van der Waals surface area contributed by atoms with Crippen LogP contribution in [0.5, 0.6) is 0 Å². The molecule has 2 nitrogen and oxygen atoms in total. The Balaban J connectivity index is 1.80. The Kier molecular flexibility index (Phi) is 4.48. The number of esters is 1. The van der Waals surface area contributed by atoms with Crippen LogP contribution >= 0.6 is 0 Å². The zero-order valence-electron chi connectivity index (χ0n) is 14.2. The van der Waals surface area contributed by atoms with Gasteiger partial charge in [0.05, 0.1) is 5.56 Å². The number of carbonyl (C=O) groups excluding carboxylic acids is 1. The summed E-state index contributed by atoms with van der Waals surface area (Å²) in [6.07, 6.45) is -0.463. The van der Waals surface area contributed by atoms with Crippen molar-refractivity contribution in [2.45, 2.75) is 6.10 Å². The predicted octanol–water partition coefficient (Wildman–Crippen LogP) is 5.79. The summed E-state index contributed by atoms with van der Waals surface area (Å²) in [5.41, 5.74) is 2.49. The molecule has 26 heavy (non-hydrogen) atoms. The second-order valence-corrected chi connectivity index (χ2v) is 6.13. The van der Waals surface area contributed by atoms with Crippen LogP contribution in [0.4, 0.5) is 0 Å². The largest absolute Gasteiger partial charge is 0.449 e. The first-order valence-corrected chi connectivity index (χ1v) is 8.61. The first kappa shape index (κ1) is 16.1. The first-order valence-electron chi connectivity index (χ1n) is 8.61. The molecule has 0 aliphatic heterocycles. The van der Waals surface area contributed by atoms with Gasteiger partial charge in [-0.1, -0.05) is 91.0 Å². The van der Waals surface area contributed by atoms with Gasteiger partial charge in [-0.2, -0.15) is 0 Å². The Morgan fingerprint density at radius 3 is 2.04 bits per heavy atom. The zero-order chi connectivity index (χ0) is 17.8.